The van der Waals surface area contributed by atoms with E-state index in [-0.39, 0.29) is 27.0 Å². The number of hydrogen-bond donors (Lipinski definition) is 3. The minimum Gasteiger partial charge on any atom is -0.468 e. The first kappa shape index (κ1) is 22.4. The van der Waals surface area contributed by atoms with Crippen molar-refractivity contribution in [3.8, 4) is 0 Å². The summed E-state index contributed by atoms with van der Waals surface area (Å²) in [6.07, 6.45) is 3.94. The Morgan fingerprint density at radius 1 is 1.06 bits per heavy atom. The van der Waals surface area contributed by atoms with Gasteiger partial charge in [-0.05, 0) is 42.3 Å². The highest BCUT2D eigenvalue weighted by molar-refractivity contribution is 7.89. The molecule has 1 amide bonds. The Kier molecular flexibility index (Phi) is 6.57. The van der Waals surface area contributed by atoms with Crippen molar-refractivity contribution in [1.82, 2.24) is 15.0 Å². The smallest absolute Gasteiger partial charge is 0.252 e. The van der Waals surface area contributed by atoms with E-state index in [1.165, 1.54) is 18.4 Å². The van der Waals surface area contributed by atoms with Crippen LogP contribution in [0.15, 0.2) is 70.3 Å². The van der Waals surface area contributed by atoms with Crippen molar-refractivity contribution in [1.29, 1.82) is 0 Å². The zero-order valence-corrected chi connectivity index (χ0v) is 19.0. The fourth-order valence-electron chi connectivity index (χ4n) is 3.31. The molecule has 0 radical (unpaired) electrons. The molecule has 0 fully saturated rings. The molecule has 2 aromatic heterocycles. The molecule has 4 aromatic rings. The number of sulfonamides is 1. The molecule has 0 spiro atoms. The summed E-state index contributed by atoms with van der Waals surface area (Å²) in [5.41, 5.74) is 2.10. The number of halogens is 2. The lowest BCUT2D eigenvalue weighted by Crippen LogP contribution is -2.27. The predicted octanol–water partition coefficient (Wildman–Crippen LogP) is 4.52. The highest BCUT2D eigenvalue weighted by atomic mass is 35.5. The van der Waals surface area contributed by atoms with Gasteiger partial charge in [0.1, 0.15) is 10.7 Å². The van der Waals surface area contributed by atoms with E-state index in [2.05, 4.69) is 15.0 Å². The standard InChI is InChI=1S/C22H19Cl2N3O4S/c23-18-11-19(24)21(32(29,30)27-13-15-4-3-9-31-15)10-17(18)22(28)25-8-7-14-12-26-20-6-2-1-5-16(14)20/h1-6,9-12,26-27H,7-8,13H2,(H,25,28). The van der Waals surface area contributed by atoms with Crippen LogP contribution in [0.25, 0.3) is 10.9 Å². The summed E-state index contributed by atoms with van der Waals surface area (Å²) in [4.78, 5) is 15.7. The minimum atomic E-state index is -4.00. The highest BCUT2D eigenvalue weighted by Gasteiger charge is 2.23. The van der Waals surface area contributed by atoms with Crippen LogP contribution in [0.3, 0.4) is 0 Å². The molecule has 0 saturated heterocycles. The third kappa shape index (κ3) is 4.83. The maximum Gasteiger partial charge on any atom is 0.252 e. The molecule has 0 aliphatic carbocycles. The van der Waals surface area contributed by atoms with Crippen LogP contribution in [0.2, 0.25) is 10.0 Å². The van der Waals surface area contributed by atoms with E-state index < -0.39 is 15.9 Å². The molecule has 0 aliphatic heterocycles. The van der Waals surface area contributed by atoms with Crippen molar-refractivity contribution in [3.05, 3.63) is 87.9 Å². The summed E-state index contributed by atoms with van der Waals surface area (Å²) in [6, 6.07) is 13.6. The SMILES string of the molecule is O=C(NCCc1c[nH]c2ccccc12)c1cc(S(=O)(=O)NCc2ccco2)c(Cl)cc1Cl. The average molecular weight is 492 g/mol. The molecular formula is C22H19Cl2N3O4S. The van der Waals surface area contributed by atoms with Crippen molar-refractivity contribution in [2.75, 3.05) is 6.54 Å². The van der Waals surface area contributed by atoms with Gasteiger partial charge in [-0.2, -0.15) is 0 Å². The van der Waals surface area contributed by atoms with Crippen molar-refractivity contribution in [3.63, 3.8) is 0 Å². The van der Waals surface area contributed by atoms with Gasteiger partial charge in [-0.3, -0.25) is 4.79 Å². The number of nitrogens with one attached hydrogen (secondary N) is 3. The van der Waals surface area contributed by atoms with Gasteiger partial charge >= 0.3 is 0 Å². The zero-order chi connectivity index (χ0) is 22.7. The molecule has 166 valence electrons. The third-order valence-electron chi connectivity index (χ3n) is 4.93. The summed E-state index contributed by atoms with van der Waals surface area (Å²) in [7, 11) is -4.00. The van der Waals surface area contributed by atoms with Crippen LogP contribution in [-0.2, 0) is 23.0 Å². The van der Waals surface area contributed by atoms with E-state index >= 15 is 0 Å². The topological polar surface area (TPSA) is 104 Å². The lowest BCUT2D eigenvalue weighted by molar-refractivity contribution is 0.0954. The van der Waals surface area contributed by atoms with E-state index in [1.807, 2.05) is 30.5 Å². The Labute approximate surface area is 194 Å². The molecule has 2 heterocycles. The summed E-state index contributed by atoms with van der Waals surface area (Å²) in [6.45, 7) is 0.291. The van der Waals surface area contributed by atoms with Crippen LogP contribution in [0.1, 0.15) is 21.7 Å². The lowest BCUT2D eigenvalue weighted by atomic mass is 10.1. The third-order valence-corrected chi connectivity index (χ3v) is 7.11. The van der Waals surface area contributed by atoms with Gasteiger partial charge in [0.2, 0.25) is 10.0 Å². The number of para-hydroxylation sites is 1. The summed E-state index contributed by atoms with van der Waals surface area (Å²) >= 11 is 12.3. The van der Waals surface area contributed by atoms with Crippen molar-refractivity contribution in [2.45, 2.75) is 17.9 Å². The van der Waals surface area contributed by atoms with Crippen LogP contribution in [0.4, 0.5) is 0 Å². The Balaban J connectivity index is 1.47. The quantitative estimate of drug-likeness (QED) is 0.337. The molecule has 10 heteroatoms. The molecule has 7 nitrogen and oxygen atoms in total. The highest BCUT2D eigenvalue weighted by Crippen LogP contribution is 2.29. The van der Waals surface area contributed by atoms with Crippen LogP contribution in [0.5, 0.6) is 0 Å². The van der Waals surface area contributed by atoms with Crippen LogP contribution in [-0.4, -0.2) is 25.9 Å². The van der Waals surface area contributed by atoms with Crippen LogP contribution >= 0.6 is 23.2 Å². The first-order valence-electron chi connectivity index (χ1n) is 9.69. The number of furan rings is 1. The maximum absolute atomic E-state index is 12.7. The molecule has 2 aromatic carbocycles. The van der Waals surface area contributed by atoms with Crippen LogP contribution in [0, 0.1) is 0 Å². The average Bonchev–Trinajstić information content (AvgIpc) is 3.42. The van der Waals surface area contributed by atoms with Crippen molar-refractivity contribution in [2.24, 2.45) is 0 Å². The summed E-state index contributed by atoms with van der Waals surface area (Å²) in [5, 5.41) is 3.84. The minimum absolute atomic E-state index is 0.0216. The van der Waals surface area contributed by atoms with Gasteiger partial charge in [0.15, 0.2) is 0 Å². The number of aromatic nitrogens is 1. The largest absolute Gasteiger partial charge is 0.468 e. The van der Waals surface area contributed by atoms with E-state index in [9.17, 15) is 13.2 Å². The number of rotatable bonds is 8. The van der Waals surface area contributed by atoms with Gasteiger partial charge in [-0.25, -0.2) is 13.1 Å². The van der Waals surface area contributed by atoms with Gasteiger partial charge in [-0.15, -0.1) is 0 Å². The van der Waals surface area contributed by atoms with Crippen LogP contribution < -0.4 is 10.0 Å². The molecule has 0 saturated carbocycles. The molecule has 32 heavy (non-hydrogen) atoms. The predicted molar refractivity (Wildman–Crippen MR) is 124 cm³/mol. The number of aromatic amines is 1. The summed E-state index contributed by atoms with van der Waals surface area (Å²) < 4.78 is 33.0. The number of H-pyrrole nitrogens is 1. The van der Waals surface area contributed by atoms with E-state index in [0.717, 1.165) is 16.5 Å². The lowest BCUT2D eigenvalue weighted by Gasteiger charge is -2.12. The van der Waals surface area contributed by atoms with Gasteiger partial charge in [0.25, 0.3) is 5.91 Å². The fourth-order valence-corrected chi connectivity index (χ4v) is 5.16. The molecule has 0 aliphatic rings. The first-order chi connectivity index (χ1) is 15.3. The molecular weight excluding hydrogens is 473 g/mol. The number of hydrogen-bond acceptors (Lipinski definition) is 4. The molecule has 0 unspecified atom stereocenters. The Hall–Kier alpha value is -2.78. The van der Waals surface area contributed by atoms with E-state index in [1.54, 1.807) is 12.1 Å². The number of carbonyl (C=O) groups excluding carboxylic acids is 1. The van der Waals surface area contributed by atoms with Gasteiger partial charge in [0, 0.05) is 23.6 Å². The second kappa shape index (κ2) is 9.38. The maximum atomic E-state index is 12.7. The monoisotopic (exact) mass is 491 g/mol. The second-order valence-electron chi connectivity index (χ2n) is 7.03. The van der Waals surface area contributed by atoms with Gasteiger partial charge in [0.05, 0.1) is 28.4 Å². The molecule has 3 N–H and O–H groups in total. The van der Waals surface area contributed by atoms with Crippen molar-refractivity contribution < 1.29 is 17.6 Å². The van der Waals surface area contributed by atoms with Gasteiger partial charge < -0.3 is 14.7 Å². The normalized spacial score (nSPS) is 11.7. The molecule has 0 bridgehead atoms. The van der Waals surface area contributed by atoms with E-state index in [0.29, 0.717) is 18.7 Å². The molecule has 4 rings (SSSR count). The number of carbonyl (C=O) groups is 1. The van der Waals surface area contributed by atoms with Crippen molar-refractivity contribution >= 4 is 50.0 Å². The number of amides is 1. The Morgan fingerprint density at radius 2 is 1.88 bits per heavy atom. The fraction of sp³-hybridized carbons (Fsp3) is 0.136. The second-order valence-corrected chi connectivity index (χ2v) is 9.58. The Morgan fingerprint density at radius 3 is 2.66 bits per heavy atom. The molecule has 0 atom stereocenters. The Bertz CT molecular complexity index is 1370. The number of fused-ring (bicyclic) bond motifs is 1. The van der Waals surface area contributed by atoms with Gasteiger partial charge in [-0.1, -0.05) is 41.4 Å². The summed E-state index contributed by atoms with van der Waals surface area (Å²) in [5.74, 6) is -0.0529. The first-order valence-corrected chi connectivity index (χ1v) is 11.9. The van der Waals surface area contributed by atoms with E-state index in [4.69, 9.17) is 27.6 Å². The number of benzene rings is 2. The zero-order valence-electron chi connectivity index (χ0n) is 16.7.